The van der Waals surface area contributed by atoms with E-state index >= 15 is 0 Å². The van der Waals surface area contributed by atoms with E-state index in [2.05, 4.69) is 27.4 Å². The molecule has 1 unspecified atom stereocenters. The molecule has 1 fully saturated rings. The molecule has 1 amide bonds. The van der Waals surface area contributed by atoms with Crippen LogP contribution in [-0.2, 0) is 4.79 Å². The smallest absolute Gasteiger partial charge is 0.253 e. The zero-order chi connectivity index (χ0) is 19.1. The van der Waals surface area contributed by atoms with Gasteiger partial charge in [0.05, 0.1) is 17.4 Å². The summed E-state index contributed by atoms with van der Waals surface area (Å²) in [5.41, 5.74) is 5.76. The maximum atomic E-state index is 12.7. The first-order valence-electron chi connectivity index (χ1n) is 8.93. The van der Waals surface area contributed by atoms with E-state index in [1.54, 1.807) is 6.33 Å². The van der Waals surface area contributed by atoms with E-state index in [0.29, 0.717) is 5.11 Å². The second kappa shape index (κ2) is 6.58. The lowest BCUT2D eigenvalue weighted by molar-refractivity contribution is -0.119. The lowest BCUT2D eigenvalue weighted by atomic mass is 10.00. The summed E-state index contributed by atoms with van der Waals surface area (Å²) in [5, 5.41) is 3.20. The highest BCUT2D eigenvalue weighted by molar-refractivity contribution is 7.80. The maximum absolute atomic E-state index is 12.7. The molecule has 0 saturated carbocycles. The van der Waals surface area contributed by atoms with Gasteiger partial charge in [-0.05, 0) is 47.1 Å². The van der Waals surface area contributed by atoms with Crippen LogP contribution >= 0.6 is 12.2 Å². The molecule has 5 rings (SSSR count). The molecular formula is C22H16N4OS. The molecule has 1 aromatic heterocycles. The molecule has 2 N–H and O–H groups in total. The Balaban J connectivity index is 1.53. The predicted octanol–water partition coefficient (Wildman–Crippen LogP) is 4.19. The van der Waals surface area contributed by atoms with Gasteiger partial charge >= 0.3 is 0 Å². The molecule has 28 heavy (non-hydrogen) atoms. The van der Waals surface area contributed by atoms with Crippen LogP contribution in [0.3, 0.4) is 0 Å². The Morgan fingerprint density at radius 3 is 2.46 bits per heavy atom. The van der Waals surface area contributed by atoms with E-state index < -0.39 is 6.04 Å². The summed E-state index contributed by atoms with van der Waals surface area (Å²) in [6.07, 6.45) is 1.65. The van der Waals surface area contributed by atoms with Crippen molar-refractivity contribution >= 4 is 40.0 Å². The van der Waals surface area contributed by atoms with Crippen LogP contribution in [0.4, 0.5) is 5.69 Å². The van der Waals surface area contributed by atoms with E-state index in [9.17, 15) is 4.79 Å². The Kier molecular flexibility index (Phi) is 3.91. The third kappa shape index (κ3) is 2.75. The molecule has 2 heterocycles. The number of fused-ring (bicyclic) bond motifs is 1. The number of rotatable bonds is 3. The normalized spacial score (nSPS) is 16.6. The van der Waals surface area contributed by atoms with Crippen LogP contribution in [-0.4, -0.2) is 21.0 Å². The number of benzene rings is 3. The van der Waals surface area contributed by atoms with Gasteiger partial charge < -0.3 is 15.2 Å². The van der Waals surface area contributed by atoms with Crippen molar-refractivity contribution in [2.75, 3.05) is 4.90 Å². The Bertz CT molecular complexity index is 1180. The number of nitrogens with zero attached hydrogens (tertiary/aromatic N) is 2. The van der Waals surface area contributed by atoms with Gasteiger partial charge in [-0.1, -0.05) is 54.6 Å². The first-order chi connectivity index (χ1) is 13.7. The van der Waals surface area contributed by atoms with Crippen LogP contribution in [0.15, 0.2) is 79.1 Å². The molecule has 1 aliphatic heterocycles. The van der Waals surface area contributed by atoms with Crippen LogP contribution in [0, 0.1) is 0 Å². The topological polar surface area (TPSA) is 61.0 Å². The summed E-state index contributed by atoms with van der Waals surface area (Å²) >= 11 is 5.45. The molecule has 0 spiro atoms. The molecule has 1 aliphatic rings. The molecular weight excluding hydrogens is 368 g/mol. The Morgan fingerprint density at radius 2 is 1.68 bits per heavy atom. The van der Waals surface area contributed by atoms with Crippen LogP contribution in [0.2, 0.25) is 0 Å². The van der Waals surface area contributed by atoms with Crippen molar-refractivity contribution in [3.8, 4) is 11.1 Å². The van der Waals surface area contributed by atoms with E-state index in [4.69, 9.17) is 12.2 Å². The van der Waals surface area contributed by atoms with E-state index in [-0.39, 0.29) is 5.91 Å². The molecule has 1 saturated heterocycles. The second-order valence-electron chi connectivity index (χ2n) is 6.66. The molecule has 0 bridgehead atoms. The zero-order valence-electron chi connectivity index (χ0n) is 14.8. The van der Waals surface area contributed by atoms with Gasteiger partial charge in [0.2, 0.25) is 0 Å². The van der Waals surface area contributed by atoms with E-state index in [0.717, 1.165) is 33.4 Å². The number of aromatic nitrogens is 2. The number of H-pyrrole nitrogens is 1. The third-order valence-corrected chi connectivity index (χ3v) is 5.27. The summed E-state index contributed by atoms with van der Waals surface area (Å²) in [6.45, 7) is 0. The second-order valence-corrected chi connectivity index (χ2v) is 7.05. The summed E-state index contributed by atoms with van der Waals surface area (Å²) < 4.78 is 0. The maximum Gasteiger partial charge on any atom is 0.253 e. The SMILES string of the molecule is O=C1NC(=S)N(c2ccc3nc[nH]c3c2)C1c1ccc(-c2ccccc2)cc1. The predicted molar refractivity (Wildman–Crippen MR) is 114 cm³/mol. The van der Waals surface area contributed by atoms with Crippen LogP contribution in [0.5, 0.6) is 0 Å². The summed E-state index contributed by atoms with van der Waals surface area (Å²) in [4.78, 5) is 21.9. The number of carbonyl (C=O) groups excluding carboxylic acids is 1. The molecule has 1 atom stereocenters. The number of hydrogen-bond acceptors (Lipinski definition) is 3. The van der Waals surface area contributed by atoms with Crippen molar-refractivity contribution in [2.24, 2.45) is 0 Å². The minimum Gasteiger partial charge on any atom is -0.345 e. The molecule has 4 aromatic rings. The van der Waals surface area contributed by atoms with Gasteiger partial charge in [0.1, 0.15) is 6.04 Å². The fraction of sp³-hybridized carbons (Fsp3) is 0.0455. The van der Waals surface area contributed by atoms with Crippen molar-refractivity contribution in [3.63, 3.8) is 0 Å². The third-order valence-electron chi connectivity index (χ3n) is 4.97. The van der Waals surface area contributed by atoms with Crippen LogP contribution in [0.25, 0.3) is 22.2 Å². The van der Waals surface area contributed by atoms with Crippen molar-refractivity contribution in [1.82, 2.24) is 15.3 Å². The lowest BCUT2D eigenvalue weighted by Gasteiger charge is -2.24. The largest absolute Gasteiger partial charge is 0.345 e. The van der Waals surface area contributed by atoms with Gasteiger partial charge in [-0.2, -0.15) is 0 Å². The van der Waals surface area contributed by atoms with Crippen molar-refractivity contribution in [2.45, 2.75) is 6.04 Å². The first-order valence-corrected chi connectivity index (χ1v) is 9.34. The summed E-state index contributed by atoms with van der Waals surface area (Å²) in [5.74, 6) is -0.123. The molecule has 3 aromatic carbocycles. The van der Waals surface area contributed by atoms with Gasteiger partial charge in [0, 0.05) is 5.69 Å². The molecule has 5 nitrogen and oxygen atoms in total. The van der Waals surface area contributed by atoms with Crippen molar-refractivity contribution in [3.05, 3.63) is 84.7 Å². The minimum atomic E-state index is -0.502. The number of thiocarbonyl (C=S) groups is 1. The fourth-order valence-electron chi connectivity index (χ4n) is 3.60. The average molecular weight is 384 g/mol. The lowest BCUT2D eigenvalue weighted by Crippen LogP contribution is -2.29. The Labute approximate surface area is 167 Å². The number of anilines is 1. The van der Waals surface area contributed by atoms with Crippen LogP contribution in [0.1, 0.15) is 11.6 Å². The number of carbonyl (C=O) groups is 1. The monoisotopic (exact) mass is 384 g/mol. The molecule has 6 heteroatoms. The van der Waals surface area contributed by atoms with Gasteiger partial charge in [0.25, 0.3) is 5.91 Å². The van der Waals surface area contributed by atoms with Gasteiger partial charge in [0.15, 0.2) is 5.11 Å². The molecule has 0 aliphatic carbocycles. The highest BCUT2D eigenvalue weighted by Crippen LogP contribution is 2.33. The van der Waals surface area contributed by atoms with Gasteiger partial charge in [-0.3, -0.25) is 4.79 Å². The number of nitrogens with one attached hydrogen (secondary N) is 2. The highest BCUT2D eigenvalue weighted by Gasteiger charge is 2.38. The number of aromatic amines is 1. The van der Waals surface area contributed by atoms with Crippen molar-refractivity contribution in [1.29, 1.82) is 0 Å². The summed E-state index contributed by atoms with van der Waals surface area (Å²) in [7, 11) is 0. The van der Waals surface area contributed by atoms with Gasteiger partial charge in [-0.25, -0.2) is 4.98 Å². The average Bonchev–Trinajstić information content (AvgIpc) is 3.31. The van der Waals surface area contributed by atoms with Crippen LogP contribution < -0.4 is 10.2 Å². The highest BCUT2D eigenvalue weighted by atomic mass is 32.1. The van der Waals surface area contributed by atoms with E-state index in [1.165, 1.54) is 0 Å². The molecule has 0 radical (unpaired) electrons. The van der Waals surface area contributed by atoms with E-state index in [1.807, 2.05) is 65.6 Å². The standard InChI is InChI=1S/C22H16N4OS/c27-21-20(16-8-6-15(7-9-16)14-4-2-1-3-5-14)26(22(28)25-21)17-10-11-18-19(12-17)24-13-23-18/h1-13,20H,(H,23,24)(H,25,27,28). The quantitative estimate of drug-likeness (QED) is 0.520. The zero-order valence-corrected chi connectivity index (χ0v) is 15.6. The first kappa shape index (κ1) is 16.6. The number of hydrogen-bond donors (Lipinski definition) is 2. The van der Waals surface area contributed by atoms with Crippen molar-refractivity contribution < 1.29 is 4.79 Å². The number of imidazole rings is 1. The van der Waals surface area contributed by atoms with Gasteiger partial charge in [-0.15, -0.1) is 0 Å². The molecule has 136 valence electrons. The fourth-order valence-corrected chi connectivity index (χ4v) is 3.91. The Morgan fingerprint density at radius 1 is 0.929 bits per heavy atom. The number of amides is 1. The summed E-state index contributed by atoms with van der Waals surface area (Å²) in [6, 6.07) is 23.5. The minimum absolute atomic E-state index is 0.123. The Hall–Kier alpha value is -3.51.